The smallest absolute Gasteiger partial charge is 0.325 e. The van der Waals surface area contributed by atoms with E-state index in [0.717, 1.165) is 15.3 Å². The summed E-state index contributed by atoms with van der Waals surface area (Å²) in [7, 11) is 1.36. The second-order valence-corrected chi connectivity index (χ2v) is 4.86. The van der Waals surface area contributed by atoms with Gasteiger partial charge in [0, 0.05) is 11.8 Å². The first kappa shape index (κ1) is 14.7. The molecule has 0 aliphatic rings. The number of carbonyl (C=O) groups is 1. The van der Waals surface area contributed by atoms with Crippen LogP contribution >= 0.6 is 24.0 Å². The molecule has 0 aliphatic carbocycles. The number of rotatable bonds is 5. The molecule has 0 amide bonds. The molecule has 3 nitrogen and oxygen atoms in total. The Morgan fingerprint density at radius 3 is 2.67 bits per heavy atom. The molecular formula is C13H15NO2S2. The van der Waals surface area contributed by atoms with E-state index in [2.05, 4.69) is 10.1 Å². The minimum Gasteiger partial charge on any atom is -0.468 e. The molecule has 0 aliphatic heterocycles. The van der Waals surface area contributed by atoms with E-state index in [9.17, 15) is 4.79 Å². The normalized spacial score (nSPS) is 10.9. The molecule has 0 heterocycles. The lowest BCUT2D eigenvalue weighted by atomic mass is 10.1. The van der Waals surface area contributed by atoms with Crippen LogP contribution in [0.25, 0.3) is 5.57 Å². The van der Waals surface area contributed by atoms with E-state index in [1.807, 2.05) is 36.6 Å². The van der Waals surface area contributed by atoms with Gasteiger partial charge in [0.05, 0.1) is 11.3 Å². The van der Waals surface area contributed by atoms with Crippen molar-refractivity contribution in [3.8, 4) is 0 Å². The number of methoxy groups -OCH3 is 1. The van der Waals surface area contributed by atoms with Crippen LogP contribution in [0.5, 0.6) is 0 Å². The highest BCUT2D eigenvalue weighted by molar-refractivity contribution is 8.24. The third kappa shape index (κ3) is 4.50. The van der Waals surface area contributed by atoms with Gasteiger partial charge in [-0.15, -0.1) is 11.8 Å². The fourth-order valence-corrected chi connectivity index (χ4v) is 1.87. The molecule has 0 unspecified atom stereocenters. The van der Waals surface area contributed by atoms with E-state index in [0.29, 0.717) is 0 Å². The molecule has 0 bridgehead atoms. The van der Waals surface area contributed by atoms with Gasteiger partial charge in [-0.3, -0.25) is 4.79 Å². The van der Waals surface area contributed by atoms with Crippen molar-refractivity contribution in [3.05, 3.63) is 42.1 Å². The third-order valence-electron chi connectivity index (χ3n) is 2.21. The van der Waals surface area contributed by atoms with Crippen LogP contribution in [0.15, 0.2) is 36.5 Å². The van der Waals surface area contributed by atoms with E-state index >= 15 is 0 Å². The van der Waals surface area contributed by atoms with Crippen molar-refractivity contribution in [3.63, 3.8) is 0 Å². The Hall–Kier alpha value is -1.33. The summed E-state index contributed by atoms with van der Waals surface area (Å²) in [5, 5.41) is 2.91. The average molecular weight is 281 g/mol. The lowest BCUT2D eigenvalue weighted by Crippen LogP contribution is -2.19. The van der Waals surface area contributed by atoms with Crippen molar-refractivity contribution in [2.24, 2.45) is 0 Å². The Kier molecular flexibility index (Phi) is 6.46. The van der Waals surface area contributed by atoms with Gasteiger partial charge in [-0.1, -0.05) is 42.5 Å². The van der Waals surface area contributed by atoms with Gasteiger partial charge in [-0.05, 0) is 11.8 Å². The highest BCUT2D eigenvalue weighted by Crippen LogP contribution is 2.20. The predicted octanol–water partition coefficient (Wildman–Crippen LogP) is 2.48. The molecule has 0 saturated carbocycles. The molecule has 0 saturated heterocycles. The maximum atomic E-state index is 11.0. The van der Waals surface area contributed by atoms with Crippen LogP contribution < -0.4 is 5.32 Å². The molecule has 0 fully saturated rings. The minimum absolute atomic E-state index is 0.129. The van der Waals surface area contributed by atoms with Crippen molar-refractivity contribution in [1.29, 1.82) is 0 Å². The Labute approximate surface area is 117 Å². The van der Waals surface area contributed by atoms with Crippen molar-refractivity contribution >= 4 is 39.7 Å². The zero-order chi connectivity index (χ0) is 13.4. The van der Waals surface area contributed by atoms with Crippen LogP contribution in [0.1, 0.15) is 5.56 Å². The first-order chi connectivity index (χ1) is 8.69. The fourth-order valence-electron chi connectivity index (χ4n) is 1.30. The molecule has 0 aromatic heterocycles. The Balaban J connectivity index is 2.83. The summed E-state index contributed by atoms with van der Waals surface area (Å²) in [4.78, 5) is 11.0. The van der Waals surface area contributed by atoms with Crippen LogP contribution in [0, 0.1) is 0 Å². The van der Waals surface area contributed by atoms with E-state index in [4.69, 9.17) is 12.2 Å². The van der Waals surface area contributed by atoms with Crippen molar-refractivity contribution < 1.29 is 9.53 Å². The van der Waals surface area contributed by atoms with Gasteiger partial charge in [0.2, 0.25) is 0 Å². The summed E-state index contributed by atoms with van der Waals surface area (Å²) in [6, 6.07) is 9.81. The molecule has 5 heteroatoms. The summed E-state index contributed by atoms with van der Waals surface area (Å²) < 4.78 is 5.33. The van der Waals surface area contributed by atoms with E-state index in [1.165, 1.54) is 18.9 Å². The van der Waals surface area contributed by atoms with Crippen LogP contribution in [-0.4, -0.2) is 30.1 Å². The topological polar surface area (TPSA) is 38.3 Å². The van der Waals surface area contributed by atoms with Gasteiger partial charge in [0.25, 0.3) is 0 Å². The number of nitrogens with one attached hydrogen (secondary N) is 1. The standard InChI is InChI=1S/C13H15NO2S2/c1-16-12(15)9-14-8-11(13(17)18-2)10-6-4-3-5-7-10/h3-8,14H,9H2,1-2H3/b11-8+. The Bertz CT molecular complexity index is 444. The van der Waals surface area contributed by atoms with E-state index in [1.54, 1.807) is 6.20 Å². The quantitative estimate of drug-likeness (QED) is 0.510. The van der Waals surface area contributed by atoms with E-state index in [-0.39, 0.29) is 12.5 Å². The maximum Gasteiger partial charge on any atom is 0.325 e. The van der Waals surface area contributed by atoms with Crippen LogP contribution in [0.2, 0.25) is 0 Å². The number of thiocarbonyl (C=S) groups is 1. The second kappa shape index (κ2) is 7.89. The van der Waals surface area contributed by atoms with Gasteiger partial charge in [0.15, 0.2) is 0 Å². The number of benzene rings is 1. The van der Waals surface area contributed by atoms with Gasteiger partial charge in [-0.25, -0.2) is 0 Å². The summed E-state index contributed by atoms with van der Waals surface area (Å²) in [5.74, 6) is -0.311. The molecule has 1 N–H and O–H groups in total. The lowest BCUT2D eigenvalue weighted by molar-refractivity contribution is -0.139. The maximum absolute atomic E-state index is 11.0. The number of esters is 1. The Morgan fingerprint density at radius 2 is 2.11 bits per heavy atom. The van der Waals surface area contributed by atoms with Crippen molar-refractivity contribution in [1.82, 2.24) is 5.32 Å². The second-order valence-electron chi connectivity index (χ2n) is 3.37. The largest absolute Gasteiger partial charge is 0.468 e. The first-order valence-corrected chi connectivity index (χ1v) is 6.96. The zero-order valence-electron chi connectivity index (χ0n) is 10.3. The van der Waals surface area contributed by atoms with Crippen molar-refractivity contribution in [2.75, 3.05) is 19.9 Å². The third-order valence-corrected chi connectivity index (χ3v) is 3.52. The summed E-state index contributed by atoms with van der Waals surface area (Å²) in [6.07, 6.45) is 3.69. The Morgan fingerprint density at radius 1 is 1.44 bits per heavy atom. The zero-order valence-corrected chi connectivity index (χ0v) is 11.9. The number of thioether (sulfide) groups is 1. The molecule has 1 aromatic carbocycles. The average Bonchev–Trinajstić information content (AvgIpc) is 2.43. The van der Waals surface area contributed by atoms with Crippen LogP contribution in [0.3, 0.4) is 0 Å². The van der Waals surface area contributed by atoms with Crippen LogP contribution in [-0.2, 0) is 9.53 Å². The molecule has 0 spiro atoms. The highest BCUT2D eigenvalue weighted by atomic mass is 32.2. The molecule has 96 valence electrons. The predicted molar refractivity (Wildman–Crippen MR) is 80.6 cm³/mol. The van der Waals surface area contributed by atoms with Gasteiger partial charge in [0.1, 0.15) is 6.54 Å². The number of carbonyl (C=O) groups excluding carboxylic acids is 1. The summed E-state index contributed by atoms with van der Waals surface area (Å²) in [5.41, 5.74) is 1.93. The minimum atomic E-state index is -0.311. The van der Waals surface area contributed by atoms with Gasteiger partial charge < -0.3 is 10.1 Å². The molecule has 1 aromatic rings. The monoisotopic (exact) mass is 281 g/mol. The molecule has 0 atom stereocenters. The molecule has 1 rings (SSSR count). The van der Waals surface area contributed by atoms with Gasteiger partial charge >= 0.3 is 5.97 Å². The van der Waals surface area contributed by atoms with Crippen LogP contribution in [0.4, 0.5) is 0 Å². The summed E-state index contributed by atoms with van der Waals surface area (Å²) in [6.45, 7) is 0.129. The highest BCUT2D eigenvalue weighted by Gasteiger charge is 2.07. The molecule has 18 heavy (non-hydrogen) atoms. The summed E-state index contributed by atoms with van der Waals surface area (Å²) >= 11 is 6.80. The number of hydrogen-bond donors (Lipinski definition) is 1. The van der Waals surface area contributed by atoms with E-state index < -0.39 is 0 Å². The molecular weight excluding hydrogens is 266 g/mol. The SMILES string of the molecule is COC(=O)CN/C=C(/C(=S)SC)c1ccccc1. The first-order valence-electron chi connectivity index (χ1n) is 5.33. The lowest BCUT2D eigenvalue weighted by Gasteiger charge is -2.08. The fraction of sp³-hybridized carbons (Fsp3) is 0.231. The molecule has 0 radical (unpaired) electrons. The van der Waals surface area contributed by atoms with Crippen molar-refractivity contribution in [2.45, 2.75) is 0 Å². The van der Waals surface area contributed by atoms with Gasteiger partial charge in [-0.2, -0.15) is 0 Å². The number of ether oxygens (including phenoxy) is 1. The number of hydrogen-bond acceptors (Lipinski definition) is 5.